The molecule has 0 spiro atoms. The van der Waals surface area contributed by atoms with Gasteiger partial charge in [-0.15, -0.1) is 0 Å². The molecule has 0 saturated carbocycles. The molecule has 0 aliphatic carbocycles. The van der Waals surface area contributed by atoms with Crippen molar-refractivity contribution >= 4 is 23.5 Å². The van der Waals surface area contributed by atoms with Gasteiger partial charge in [-0.1, -0.05) is 29.5 Å². The quantitative estimate of drug-likeness (QED) is 0.670. The summed E-state index contributed by atoms with van der Waals surface area (Å²) in [5.41, 5.74) is 1.07. The Hall–Kier alpha value is -1.99. The molecule has 0 heterocycles. The van der Waals surface area contributed by atoms with Gasteiger partial charge >= 0.3 is 11.9 Å². The van der Waals surface area contributed by atoms with Crippen LogP contribution in [0.2, 0.25) is 5.02 Å². The van der Waals surface area contributed by atoms with E-state index in [1.54, 1.807) is 18.2 Å². The van der Waals surface area contributed by atoms with Crippen LogP contribution in [0.3, 0.4) is 0 Å². The summed E-state index contributed by atoms with van der Waals surface area (Å²) < 4.78 is 4.45. The lowest BCUT2D eigenvalue weighted by Crippen LogP contribution is -2.02. The lowest BCUT2D eigenvalue weighted by Gasteiger charge is -2.02. The van der Waals surface area contributed by atoms with Gasteiger partial charge in [0.25, 0.3) is 0 Å². The smallest absolute Gasteiger partial charge is 0.317 e. The Bertz CT molecular complexity index is 526. The van der Waals surface area contributed by atoms with Gasteiger partial charge in [-0.25, -0.2) is 0 Å². The van der Waals surface area contributed by atoms with Crippen LogP contribution in [-0.4, -0.2) is 24.2 Å². The van der Waals surface area contributed by atoms with E-state index in [2.05, 4.69) is 16.6 Å². The zero-order chi connectivity index (χ0) is 13.5. The largest absolute Gasteiger partial charge is 0.481 e. The lowest BCUT2D eigenvalue weighted by atomic mass is 10.0. The summed E-state index contributed by atoms with van der Waals surface area (Å²) in [6.07, 6.45) is -0.186. The number of carbonyl (C=O) groups excluding carboxylic acids is 1. The van der Waals surface area contributed by atoms with Crippen LogP contribution in [0.15, 0.2) is 18.2 Å². The van der Waals surface area contributed by atoms with Gasteiger partial charge in [0.15, 0.2) is 0 Å². The molecular formula is C13H11ClO4. The monoisotopic (exact) mass is 266 g/mol. The number of aliphatic carboxylic acids is 1. The van der Waals surface area contributed by atoms with Crippen LogP contribution < -0.4 is 0 Å². The van der Waals surface area contributed by atoms with E-state index in [1.807, 2.05) is 0 Å². The van der Waals surface area contributed by atoms with Gasteiger partial charge in [0.05, 0.1) is 13.5 Å². The number of esters is 1. The van der Waals surface area contributed by atoms with E-state index in [-0.39, 0.29) is 12.8 Å². The van der Waals surface area contributed by atoms with Crippen molar-refractivity contribution in [2.75, 3.05) is 7.11 Å². The molecule has 0 aliphatic rings. The number of benzene rings is 1. The Morgan fingerprint density at radius 2 is 2.17 bits per heavy atom. The zero-order valence-corrected chi connectivity index (χ0v) is 10.5. The molecule has 0 bridgehead atoms. The highest BCUT2D eigenvalue weighted by atomic mass is 35.5. The number of halogens is 1. The van der Waals surface area contributed by atoms with Gasteiger partial charge in [-0.05, 0) is 17.7 Å². The molecule has 1 N–H and O–H groups in total. The average Bonchev–Trinajstić information content (AvgIpc) is 2.31. The maximum atomic E-state index is 10.9. The van der Waals surface area contributed by atoms with Crippen molar-refractivity contribution in [3.63, 3.8) is 0 Å². The topological polar surface area (TPSA) is 63.6 Å². The first-order chi connectivity index (χ1) is 8.52. The van der Waals surface area contributed by atoms with E-state index in [1.165, 1.54) is 7.11 Å². The molecule has 5 heteroatoms. The van der Waals surface area contributed by atoms with Crippen LogP contribution in [0.1, 0.15) is 17.5 Å². The fourth-order valence-corrected chi connectivity index (χ4v) is 1.44. The Morgan fingerprint density at radius 3 is 2.78 bits per heavy atom. The fraction of sp³-hybridized carbons (Fsp3) is 0.231. The molecule has 0 aliphatic heterocycles. The highest BCUT2D eigenvalue weighted by Gasteiger charge is 2.06. The Kier molecular flexibility index (Phi) is 5.22. The summed E-state index contributed by atoms with van der Waals surface area (Å²) in [4.78, 5) is 21.6. The van der Waals surface area contributed by atoms with Crippen molar-refractivity contribution in [2.24, 2.45) is 0 Å². The number of methoxy groups -OCH3 is 1. The van der Waals surface area contributed by atoms with Crippen molar-refractivity contribution in [3.8, 4) is 11.8 Å². The molecule has 1 aromatic carbocycles. The second kappa shape index (κ2) is 6.67. The van der Waals surface area contributed by atoms with Crippen molar-refractivity contribution in [3.05, 3.63) is 34.3 Å². The average molecular weight is 267 g/mol. The van der Waals surface area contributed by atoms with Gasteiger partial charge < -0.3 is 9.84 Å². The summed E-state index contributed by atoms with van der Waals surface area (Å²) in [5, 5.41) is 9.22. The Balaban J connectivity index is 2.94. The third kappa shape index (κ3) is 4.48. The van der Waals surface area contributed by atoms with Gasteiger partial charge in [0.1, 0.15) is 6.42 Å². The molecule has 1 aromatic rings. The van der Waals surface area contributed by atoms with Crippen LogP contribution in [-0.2, 0) is 20.7 Å². The Labute approximate surface area is 110 Å². The molecule has 0 atom stereocenters. The Morgan fingerprint density at radius 1 is 1.44 bits per heavy atom. The third-order valence-corrected chi connectivity index (χ3v) is 2.33. The normalized spacial score (nSPS) is 9.22. The van der Waals surface area contributed by atoms with Gasteiger partial charge in [0.2, 0.25) is 0 Å². The van der Waals surface area contributed by atoms with Crippen molar-refractivity contribution in [1.29, 1.82) is 0 Å². The minimum atomic E-state index is -0.951. The minimum Gasteiger partial charge on any atom is -0.481 e. The van der Waals surface area contributed by atoms with Crippen LogP contribution in [0.25, 0.3) is 0 Å². The van der Waals surface area contributed by atoms with E-state index in [4.69, 9.17) is 16.7 Å². The standard InChI is InChI=1S/C13H11ClO4/c1-18-13(17)4-2-3-9-7-11(14)6-5-10(9)8-12(15)16/h5-7H,4,8H2,1H3,(H,15,16). The molecule has 0 saturated heterocycles. The third-order valence-electron chi connectivity index (χ3n) is 2.10. The van der Waals surface area contributed by atoms with Crippen molar-refractivity contribution in [2.45, 2.75) is 12.8 Å². The van der Waals surface area contributed by atoms with E-state index < -0.39 is 11.9 Å². The van der Waals surface area contributed by atoms with Gasteiger partial charge in [-0.2, -0.15) is 0 Å². The molecule has 1 rings (SSSR count). The van der Waals surface area contributed by atoms with Crippen molar-refractivity contribution in [1.82, 2.24) is 0 Å². The first-order valence-electron chi connectivity index (χ1n) is 5.09. The van der Waals surface area contributed by atoms with Crippen LogP contribution in [0, 0.1) is 11.8 Å². The number of carbonyl (C=O) groups is 2. The van der Waals surface area contributed by atoms with Crippen LogP contribution in [0.5, 0.6) is 0 Å². The highest BCUT2D eigenvalue weighted by molar-refractivity contribution is 6.30. The molecule has 0 radical (unpaired) electrons. The summed E-state index contributed by atoms with van der Waals surface area (Å²) >= 11 is 5.82. The number of carboxylic acid groups (broad SMARTS) is 1. The highest BCUT2D eigenvalue weighted by Crippen LogP contribution is 2.16. The molecule has 0 amide bonds. The molecular weight excluding hydrogens is 256 g/mol. The SMILES string of the molecule is COC(=O)CC#Cc1cc(Cl)ccc1CC(=O)O. The number of ether oxygens (including phenoxy) is 1. The predicted molar refractivity (Wildman–Crippen MR) is 66.3 cm³/mol. The molecule has 0 unspecified atom stereocenters. The van der Waals surface area contributed by atoms with Crippen molar-refractivity contribution < 1.29 is 19.4 Å². The molecule has 0 fully saturated rings. The second-order valence-electron chi connectivity index (χ2n) is 3.43. The van der Waals surface area contributed by atoms with E-state index in [0.29, 0.717) is 16.1 Å². The molecule has 94 valence electrons. The summed E-state index contributed by atoms with van der Waals surface area (Å²) in [6.45, 7) is 0. The van der Waals surface area contributed by atoms with Gasteiger partial charge in [0, 0.05) is 10.6 Å². The first kappa shape index (κ1) is 14.1. The van der Waals surface area contributed by atoms with Crippen LogP contribution >= 0.6 is 11.6 Å². The summed E-state index contributed by atoms with van der Waals surface area (Å²) in [6, 6.07) is 4.79. The van der Waals surface area contributed by atoms with E-state index >= 15 is 0 Å². The summed E-state index contributed by atoms with van der Waals surface area (Å²) in [5.74, 6) is 3.95. The molecule has 4 nitrogen and oxygen atoms in total. The first-order valence-corrected chi connectivity index (χ1v) is 5.46. The minimum absolute atomic E-state index is 0.0461. The molecule has 0 aromatic heterocycles. The number of hydrogen-bond acceptors (Lipinski definition) is 3. The number of hydrogen-bond donors (Lipinski definition) is 1. The number of carboxylic acids is 1. The second-order valence-corrected chi connectivity index (χ2v) is 3.86. The van der Waals surface area contributed by atoms with E-state index in [9.17, 15) is 9.59 Å². The summed E-state index contributed by atoms with van der Waals surface area (Å²) in [7, 11) is 1.28. The zero-order valence-electron chi connectivity index (χ0n) is 9.70. The maximum Gasteiger partial charge on any atom is 0.317 e. The van der Waals surface area contributed by atoms with Gasteiger partial charge in [-0.3, -0.25) is 9.59 Å². The molecule has 18 heavy (non-hydrogen) atoms. The fourth-order valence-electron chi connectivity index (χ4n) is 1.27. The maximum absolute atomic E-state index is 10.9. The number of rotatable bonds is 3. The lowest BCUT2D eigenvalue weighted by molar-refractivity contribution is -0.139. The predicted octanol–water partition coefficient (Wildman–Crippen LogP) is 1.88. The van der Waals surface area contributed by atoms with Crippen LogP contribution in [0.4, 0.5) is 0 Å². The van der Waals surface area contributed by atoms with E-state index in [0.717, 1.165) is 0 Å².